The van der Waals surface area contributed by atoms with Crippen molar-refractivity contribution in [2.75, 3.05) is 66.6 Å². The maximum atomic E-state index is 12.3. The van der Waals surface area contributed by atoms with Crippen molar-refractivity contribution >= 4 is 5.91 Å². The van der Waals surface area contributed by atoms with E-state index < -0.39 is 347 Å². The van der Waals surface area contributed by atoms with Crippen LogP contribution in [-0.4, -0.2) is 499 Å². The minimum Gasteiger partial charge on any atom is -0.462 e. The number of benzene rings is 1. The molecule has 0 spiro atoms. The fourth-order valence-corrected chi connectivity index (χ4v) is 15.7. The molecule has 30 N–H and O–H groups in total. The van der Waals surface area contributed by atoms with Crippen molar-refractivity contribution in [3.05, 3.63) is 29.8 Å². The van der Waals surface area contributed by atoms with Gasteiger partial charge in [-0.2, -0.15) is 0 Å². The molecule has 11 rings (SSSR count). The van der Waals surface area contributed by atoms with Gasteiger partial charge in [0.05, 0.1) is 65.5 Å². The van der Waals surface area contributed by atoms with E-state index in [1.54, 1.807) is 24.3 Å². The summed E-state index contributed by atoms with van der Waals surface area (Å²) in [6.45, 7) is -5.43. The number of nitrogens with one attached hydrogen (secondary N) is 1. The zero-order valence-corrected chi connectivity index (χ0v) is 62.8. The van der Waals surface area contributed by atoms with Crippen LogP contribution in [-0.2, 0) is 96.5 Å². The third-order valence-electron chi connectivity index (χ3n) is 22.9. The molecule has 10 aliphatic heterocycles. The van der Waals surface area contributed by atoms with Crippen molar-refractivity contribution in [2.24, 2.45) is 11.1 Å². The Morgan fingerprint density at radius 1 is 0.308 bits per heavy atom. The fraction of sp³-hybridized carbons (Fsp3) is 0.897. The summed E-state index contributed by atoms with van der Waals surface area (Å²) in [5, 5.41) is 300. The largest absolute Gasteiger partial charge is 0.462 e. The Hall–Kier alpha value is -3.35. The van der Waals surface area contributed by atoms with E-state index in [0.29, 0.717) is 6.42 Å². The lowest BCUT2D eigenvalue weighted by molar-refractivity contribution is -0.400. The summed E-state index contributed by atoms with van der Waals surface area (Å²) in [5.74, 6) is -0.121. The maximum absolute atomic E-state index is 12.3. The van der Waals surface area contributed by atoms with E-state index in [4.69, 9.17) is 95.7 Å². The smallest absolute Gasteiger partial charge is 0.237 e. The Balaban J connectivity index is 0.648. The Morgan fingerprint density at radius 2 is 0.496 bits per heavy atom. The first-order valence-corrected chi connectivity index (χ1v) is 37.8. The van der Waals surface area contributed by atoms with E-state index in [2.05, 4.69) is 5.32 Å². The predicted molar refractivity (Wildman–Crippen MR) is 364 cm³/mol. The highest BCUT2D eigenvalue weighted by Crippen LogP contribution is 2.41. The molecule has 0 bridgehead atoms. The predicted octanol–water partition coefficient (Wildman–Crippen LogP) is -18.5. The monoisotopic (exact) mass is 1710 g/mol. The van der Waals surface area contributed by atoms with Gasteiger partial charge >= 0.3 is 0 Å². The molecule has 0 aromatic heterocycles. The topological polar surface area (TPSA) is 777 Å². The van der Waals surface area contributed by atoms with Crippen molar-refractivity contribution in [3.63, 3.8) is 0 Å². The fourth-order valence-electron chi connectivity index (χ4n) is 15.7. The summed E-state index contributed by atoms with van der Waals surface area (Å²) in [5.41, 5.74) is 6.32. The van der Waals surface area contributed by atoms with Crippen molar-refractivity contribution in [1.29, 1.82) is 0 Å². The first-order chi connectivity index (χ1) is 55.6. The molecule has 49 heteroatoms. The average Bonchev–Trinajstić information content (AvgIpc) is 1.72. The van der Waals surface area contributed by atoms with E-state index >= 15 is 0 Å². The second kappa shape index (κ2) is 40.3. The quantitative estimate of drug-likeness (QED) is 0.0340. The zero-order valence-electron chi connectivity index (χ0n) is 62.8. The van der Waals surface area contributed by atoms with Crippen LogP contribution in [0.5, 0.6) is 5.75 Å². The molecule has 0 aliphatic carbocycles. The molecule has 0 saturated carbocycles. The minimum atomic E-state index is -2.31. The van der Waals surface area contributed by atoms with Crippen LogP contribution >= 0.6 is 0 Å². The number of carbonyl (C=O) groups excluding carboxylic acids is 1. The Bertz CT molecular complexity index is 3210. The second-order valence-electron chi connectivity index (χ2n) is 30.7. The van der Waals surface area contributed by atoms with Gasteiger partial charge in [-0.3, -0.25) is 4.79 Å². The summed E-state index contributed by atoms with van der Waals surface area (Å²) in [7, 11) is 1.17. The van der Waals surface area contributed by atoms with Gasteiger partial charge in [-0.05, 0) is 24.1 Å². The van der Waals surface area contributed by atoms with Gasteiger partial charge in [0.25, 0.3) is 0 Å². The van der Waals surface area contributed by atoms with E-state index in [-0.39, 0.29) is 17.7 Å². The van der Waals surface area contributed by atoms with Crippen LogP contribution < -0.4 is 15.8 Å². The van der Waals surface area contributed by atoms with Crippen LogP contribution in [0.15, 0.2) is 24.3 Å². The number of methoxy groups -OCH3 is 1. The number of ether oxygens (including phenoxy) is 19. The van der Waals surface area contributed by atoms with Gasteiger partial charge in [-0.15, -0.1) is 0 Å². The molecule has 10 saturated heterocycles. The lowest BCUT2D eigenvalue weighted by atomic mass is 9.79. The molecular weight excluding hydrogens is 1600 g/mol. The van der Waals surface area contributed by atoms with Crippen molar-refractivity contribution in [2.45, 2.75) is 309 Å². The summed E-state index contributed by atoms with van der Waals surface area (Å²) in [4.78, 5) is 12.3. The molecule has 1 amide bonds. The third kappa shape index (κ3) is 19.4. The van der Waals surface area contributed by atoms with Crippen LogP contribution in [0.25, 0.3) is 0 Å². The highest BCUT2D eigenvalue weighted by atomic mass is 16.8. The van der Waals surface area contributed by atoms with Gasteiger partial charge in [0.1, 0.15) is 225 Å². The van der Waals surface area contributed by atoms with Gasteiger partial charge in [0.2, 0.25) is 12.2 Å². The van der Waals surface area contributed by atoms with Crippen LogP contribution in [0.1, 0.15) is 19.4 Å². The number of hydrogen-bond acceptors (Lipinski definition) is 48. The van der Waals surface area contributed by atoms with Gasteiger partial charge in [-0.1, -0.05) is 26.0 Å². The molecule has 47 atom stereocenters. The Morgan fingerprint density at radius 3 is 0.684 bits per heavy atom. The standard InChI is InChI=1S/C68H110N2O47/c1-68(2)29(70-58(98)57(68)69)8-18-4-6-19(7-5-18)100-59-40(90)31(81)49(21(10-72)102-59)111-61-42(92)33(83)51(23(12-74)104-61)113-63-44(94)35(85)53(25(14-76)106-63)115-65-46(96)37(87)55(27(16-78)108-65)117-67-47(97)38(88)56(28(17-79)109-67)116-66-45(95)36(86)54(26(15-77)107-66)114-64-43(93)34(84)52(24(13-75)105-64)112-62-41(91)32(82)50(22(11-73)103-62)110-60-39(89)30(80)48(99-3)20(9-71)101-60/h4-7,20-57,59-67,71-97H,8-17,69H2,1-3H3,(H,70,98). The molecule has 0 radical (unpaired) electrons. The summed E-state index contributed by atoms with van der Waals surface area (Å²) < 4.78 is 108. The molecule has 10 fully saturated rings. The number of rotatable bonds is 30. The lowest BCUT2D eigenvalue weighted by Gasteiger charge is -2.50. The maximum Gasteiger partial charge on any atom is 0.237 e. The molecule has 674 valence electrons. The number of aliphatic hydroxyl groups excluding tert-OH is 27. The molecule has 1 aromatic carbocycles. The molecule has 49 nitrogen and oxygen atoms in total. The number of hydrogen-bond donors (Lipinski definition) is 29. The molecule has 47 unspecified atom stereocenters. The van der Waals surface area contributed by atoms with E-state index in [1.807, 2.05) is 13.8 Å². The van der Waals surface area contributed by atoms with Crippen LogP contribution in [0.2, 0.25) is 0 Å². The number of carbonyl (C=O) groups is 1. The van der Waals surface area contributed by atoms with Gasteiger partial charge in [-0.25, -0.2) is 0 Å². The SMILES string of the molecule is COC1C(CO)OC(OC2C(CO)OC(OC3C(CO)OC(OC4C(CO)OC(OC5C(CO)OC(OC6C(CO)OC(OC7C(CO)OC(OC8C(CO)OC(OC9C(CO)OC(Oc%10ccc(CC%11NC(=O)C(N)C%11(C)C)cc%10)C(O)C9O)C(O)C8O)C(O)C7O)C(O)C6O)C(O)C5O)C(O)C4O)C(O)C3O)C(O)C2O)C(O)C1O. The number of aliphatic hydroxyl groups is 27. The van der Waals surface area contributed by atoms with Crippen LogP contribution in [0, 0.1) is 5.41 Å². The van der Waals surface area contributed by atoms with Crippen LogP contribution in [0.4, 0.5) is 0 Å². The molecule has 117 heavy (non-hydrogen) atoms. The van der Waals surface area contributed by atoms with Gasteiger partial charge < -0.3 is 239 Å². The van der Waals surface area contributed by atoms with E-state index in [0.717, 1.165) is 5.56 Å². The van der Waals surface area contributed by atoms with Crippen LogP contribution in [0.3, 0.4) is 0 Å². The van der Waals surface area contributed by atoms with Crippen molar-refractivity contribution < 1.29 is 233 Å². The highest BCUT2D eigenvalue weighted by Gasteiger charge is 2.61. The molecule has 10 heterocycles. The number of amides is 1. The zero-order chi connectivity index (χ0) is 85.4. The van der Waals surface area contributed by atoms with Crippen molar-refractivity contribution in [1.82, 2.24) is 5.32 Å². The summed E-state index contributed by atoms with van der Waals surface area (Å²) >= 11 is 0. The lowest BCUT2D eigenvalue weighted by Crippen LogP contribution is -2.68. The van der Waals surface area contributed by atoms with Crippen molar-refractivity contribution in [3.8, 4) is 5.75 Å². The molecular formula is C68H110N2O47. The Labute approximate surface area is 664 Å². The Kier molecular flexibility index (Phi) is 32.5. The van der Waals surface area contributed by atoms with E-state index in [1.165, 1.54) is 7.11 Å². The van der Waals surface area contributed by atoms with E-state index in [9.17, 15) is 143 Å². The first-order valence-electron chi connectivity index (χ1n) is 37.8. The second-order valence-corrected chi connectivity index (χ2v) is 30.7. The third-order valence-corrected chi connectivity index (χ3v) is 22.9. The van der Waals surface area contributed by atoms with Gasteiger partial charge in [0.15, 0.2) is 50.3 Å². The summed E-state index contributed by atoms with van der Waals surface area (Å²) in [6.07, 6.45) is -87.7. The average molecular weight is 1710 g/mol. The molecule has 1 aromatic rings. The first kappa shape index (κ1) is 94.3. The van der Waals surface area contributed by atoms with Gasteiger partial charge in [0, 0.05) is 18.6 Å². The number of nitrogens with two attached hydrogens (primary N) is 1. The minimum absolute atomic E-state index is 0.158. The molecule has 10 aliphatic rings. The normalized spacial score (nSPS) is 49.9. The highest BCUT2D eigenvalue weighted by molar-refractivity contribution is 5.85. The summed E-state index contributed by atoms with van der Waals surface area (Å²) in [6, 6.07) is 5.48.